The molecule has 4 nitrogen and oxygen atoms in total. The highest BCUT2D eigenvalue weighted by Gasteiger charge is 2.49. The lowest BCUT2D eigenvalue weighted by Gasteiger charge is -2.29. The first-order valence-corrected chi connectivity index (χ1v) is 11.3. The van der Waals surface area contributed by atoms with E-state index < -0.39 is 5.41 Å². The molecule has 31 heavy (non-hydrogen) atoms. The number of rotatable bonds is 7. The highest BCUT2D eigenvalue weighted by atomic mass is 16.2. The van der Waals surface area contributed by atoms with Gasteiger partial charge in [-0.3, -0.25) is 9.59 Å². The van der Waals surface area contributed by atoms with Crippen molar-refractivity contribution in [3.8, 4) is 11.1 Å². The van der Waals surface area contributed by atoms with Crippen LogP contribution in [-0.2, 0) is 16.0 Å². The summed E-state index contributed by atoms with van der Waals surface area (Å²) in [5.41, 5.74) is 4.06. The van der Waals surface area contributed by atoms with Crippen molar-refractivity contribution in [2.45, 2.75) is 33.1 Å². The highest BCUT2D eigenvalue weighted by Crippen LogP contribution is 2.43. The van der Waals surface area contributed by atoms with E-state index in [0.29, 0.717) is 38.4 Å². The fraction of sp³-hybridized carbons (Fsp3) is 0.407. The molecule has 2 fully saturated rings. The van der Waals surface area contributed by atoms with E-state index in [4.69, 9.17) is 0 Å². The number of benzene rings is 2. The molecule has 4 heteroatoms. The Morgan fingerprint density at radius 2 is 2.00 bits per heavy atom. The van der Waals surface area contributed by atoms with Gasteiger partial charge in [-0.2, -0.15) is 0 Å². The summed E-state index contributed by atoms with van der Waals surface area (Å²) in [7, 11) is 0. The van der Waals surface area contributed by atoms with Crippen molar-refractivity contribution in [2.75, 3.05) is 19.6 Å². The Morgan fingerprint density at radius 3 is 2.71 bits per heavy atom. The summed E-state index contributed by atoms with van der Waals surface area (Å²) in [5.74, 6) is 0.856. The maximum absolute atomic E-state index is 13.4. The summed E-state index contributed by atoms with van der Waals surface area (Å²) in [6.07, 6.45) is 3.98. The van der Waals surface area contributed by atoms with E-state index in [1.54, 1.807) is 6.08 Å². The molecule has 1 saturated heterocycles. The zero-order valence-corrected chi connectivity index (χ0v) is 18.6. The van der Waals surface area contributed by atoms with Gasteiger partial charge in [-0.25, -0.2) is 0 Å². The molecule has 2 aromatic rings. The Bertz CT molecular complexity index is 998. The van der Waals surface area contributed by atoms with E-state index in [1.807, 2.05) is 17.0 Å². The minimum atomic E-state index is -0.614. The third-order valence-corrected chi connectivity index (χ3v) is 6.86. The van der Waals surface area contributed by atoms with Gasteiger partial charge < -0.3 is 10.2 Å². The zero-order chi connectivity index (χ0) is 22.0. The SMILES string of the molecule is C=CCNC(=O)[C@]1(Cc2ccccc2-c2cccc(C)c2)CCN(C(=O)[C@@H]2C[C@@H]2C)C1. The maximum atomic E-state index is 13.4. The van der Waals surface area contributed by atoms with Gasteiger partial charge in [0, 0.05) is 25.6 Å². The number of carbonyl (C=O) groups excluding carboxylic acids is 2. The minimum absolute atomic E-state index is 0.0191. The minimum Gasteiger partial charge on any atom is -0.352 e. The number of amides is 2. The van der Waals surface area contributed by atoms with Crippen LogP contribution in [0.15, 0.2) is 61.2 Å². The van der Waals surface area contributed by atoms with Gasteiger partial charge in [-0.05, 0) is 48.8 Å². The largest absolute Gasteiger partial charge is 0.352 e. The first kappa shape index (κ1) is 21.4. The van der Waals surface area contributed by atoms with Gasteiger partial charge in [0.15, 0.2) is 0 Å². The molecule has 1 N–H and O–H groups in total. The molecule has 1 saturated carbocycles. The van der Waals surface area contributed by atoms with Crippen LogP contribution in [0.4, 0.5) is 0 Å². The smallest absolute Gasteiger partial charge is 0.228 e. The number of carbonyl (C=O) groups is 2. The van der Waals surface area contributed by atoms with Gasteiger partial charge in [0.1, 0.15) is 0 Å². The van der Waals surface area contributed by atoms with Gasteiger partial charge >= 0.3 is 0 Å². The monoisotopic (exact) mass is 416 g/mol. The zero-order valence-electron chi connectivity index (χ0n) is 18.6. The van der Waals surface area contributed by atoms with E-state index in [0.717, 1.165) is 23.1 Å². The topological polar surface area (TPSA) is 49.4 Å². The molecule has 0 bridgehead atoms. The first-order valence-electron chi connectivity index (χ1n) is 11.3. The van der Waals surface area contributed by atoms with Crippen LogP contribution in [0.5, 0.6) is 0 Å². The lowest BCUT2D eigenvalue weighted by atomic mass is 9.78. The van der Waals surface area contributed by atoms with Crippen LogP contribution in [0.1, 0.15) is 30.9 Å². The van der Waals surface area contributed by atoms with Crippen LogP contribution in [0, 0.1) is 24.2 Å². The molecule has 1 aliphatic heterocycles. The first-order chi connectivity index (χ1) is 14.9. The molecule has 2 amide bonds. The van der Waals surface area contributed by atoms with Gasteiger partial charge in [0.05, 0.1) is 5.41 Å². The molecule has 0 spiro atoms. The lowest BCUT2D eigenvalue weighted by molar-refractivity contribution is -0.134. The molecule has 2 aliphatic rings. The molecule has 0 radical (unpaired) electrons. The van der Waals surface area contributed by atoms with Gasteiger partial charge in [-0.15, -0.1) is 6.58 Å². The number of nitrogens with zero attached hydrogens (tertiary/aromatic N) is 1. The summed E-state index contributed by atoms with van der Waals surface area (Å²) < 4.78 is 0. The van der Waals surface area contributed by atoms with Crippen molar-refractivity contribution >= 4 is 11.8 Å². The van der Waals surface area contributed by atoms with Gasteiger partial charge in [0.2, 0.25) is 11.8 Å². The molecule has 0 aromatic heterocycles. The van der Waals surface area contributed by atoms with Crippen molar-refractivity contribution in [3.63, 3.8) is 0 Å². The van der Waals surface area contributed by atoms with E-state index in [-0.39, 0.29) is 17.7 Å². The van der Waals surface area contributed by atoms with E-state index in [2.05, 4.69) is 62.1 Å². The fourth-order valence-corrected chi connectivity index (χ4v) is 4.86. The third-order valence-electron chi connectivity index (χ3n) is 6.86. The molecule has 2 aromatic carbocycles. The molecule has 4 rings (SSSR count). The van der Waals surface area contributed by atoms with Crippen LogP contribution < -0.4 is 5.32 Å². The average molecular weight is 417 g/mol. The van der Waals surface area contributed by atoms with Crippen molar-refractivity contribution in [1.82, 2.24) is 10.2 Å². The molecule has 1 aliphatic carbocycles. The number of aryl methyl sites for hydroxylation is 1. The predicted molar refractivity (Wildman–Crippen MR) is 124 cm³/mol. The van der Waals surface area contributed by atoms with Gasteiger partial charge in [0.25, 0.3) is 0 Å². The fourth-order valence-electron chi connectivity index (χ4n) is 4.86. The van der Waals surface area contributed by atoms with E-state index in [9.17, 15) is 9.59 Å². The second-order valence-corrected chi connectivity index (χ2v) is 9.31. The lowest BCUT2D eigenvalue weighted by Crippen LogP contribution is -2.45. The number of hydrogen-bond acceptors (Lipinski definition) is 2. The van der Waals surface area contributed by atoms with Crippen molar-refractivity contribution in [3.05, 3.63) is 72.3 Å². The standard InChI is InChI=1S/C27H32N2O2/c1-4-13-28-26(31)27(12-14-29(18-27)25(30)24-16-20(24)3)17-22-9-5-6-11-23(22)21-10-7-8-19(2)15-21/h4-11,15,20,24H,1,12-14,16-18H2,2-3H3,(H,28,31)/t20-,24+,27-/m0/s1. The second-order valence-electron chi connectivity index (χ2n) is 9.31. The maximum Gasteiger partial charge on any atom is 0.228 e. The average Bonchev–Trinajstić information content (AvgIpc) is 3.34. The number of nitrogens with one attached hydrogen (secondary N) is 1. The molecule has 3 atom stereocenters. The molecule has 1 heterocycles. The van der Waals surface area contributed by atoms with E-state index >= 15 is 0 Å². The summed E-state index contributed by atoms with van der Waals surface area (Å²) in [6, 6.07) is 16.8. The predicted octanol–water partition coefficient (Wildman–Crippen LogP) is 4.38. The number of likely N-dealkylation sites (tertiary alicyclic amines) is 1. The molecular weight excluding hydrogens is 384 g/mol. The Labute approximate surface area is 185 Å². The summed E-state index contributed by atoms with van der Waals surface area (Å²) in [6.45, 7) is 9.52. The van der Waals surface area contributed by atoms with E-state index in [1.165, 1.54) is 5.56 Å². The molecular formula is C27H32N2O2. The quantitative estimate of drug-likeness (QED) is 0.681. The highest BCUT2D eigenvalue weighted by molar-refractivity contribution is 5.87. The Kier molecular flexibility index (Phi) is 5.99. The van der Waals surface area contributed by atoms with Crippen LogP contribution in [-0.4, -0.2) is 36.3 Å². The normalized spacial score (nSPS) is 24.6. The molecule has 0 unspecified atom stereocenters. The van der Waals surface area contributed by atoms with Crippen LogP contribution in [0.2, 0.25) is 0 Å². The molecule has 162 valence electrons. The Balaban J connectivity index is 1.64. The summed E-state index contributed by atoms with van der Waals surface area (Å²) in [5, 5.41) is 3.02. The van der Waals surface area contributed by atoms with Crippen LogP contribution >= 0.6 is 0 Å². The van der Waals surface area contributed by atoms with Crippen molar-refractivity contribution in [1.29, 1.82) is 0 Å². The summed E-state index contributed by atoms with van der Waals surface area (Å²) >= 11 is 0. The Hall–Kier alpha value is -2.88. The summed E-state index contributed by atoms with van der Waals surface area (Å²) in [4.78, 5) is 28.2. The van der Waals surface area contributed by atoms with Crippen LogP contribution in [0.25, 0.3) is 11.1 Å². The second kappa shape index (κ2) is 8.70. The van der Waals surface area contributed by atoms with Crippen LogP contribution in [0.3, 0.4) is 0 Å². The Morgan fingerprint density at radius 1 is 1.23 bits per heavy atom. The number of hydrogen-bond donors (Lipinski definition) is 1. The van der Waals surface area contributed by atoms with Crippen molar-refractivity contribution < 1.29 is 9.59 Å². The third kappa shape index (κ3) is 4.43. The van der Waals surface area contributed by atoms with Gasteiger partial charge in [-0.1, -0.05) is 67.1 Å². The van der Waals surface area contributed by atoms with Crippen molar-refractivity contribution in [2.24, 2.45) is 17.3 Å².